The summed E-state index contributed by atoms with van der Waals surface area (Å²) < 4.78 is 23.3. The van der Waals surface area contributed by atoms with Gasteiger partial charge >= 0.3 is 0 Å². The Morgan fingerprint density at radius 2 is 1.87 bits per heavy atom. The molecule has 2 aromatic heterocycles. The maximum absolute atomic E-state index is 12.9. The molecule has 0 fully saturated rings. The molecule has 0 aliphatic rings. The third-order valence-corrected chi connectivity index (χ3v) is 3.24. The minimum Gasteiger partial charge on any atom is -0.504 e. The lowest BCUT2D eigenvalue weighted by atomic mass is 10.1. The number of furan rings is 2. The number of ketones is 1. The lowest BCUT2D eigenvalue weighted by Gasteiger charge is -1.99. The van der Waals surface area contributed by atoms with E-state index in [1.54, 1.807) is 30.3 Å². The third kappa shape index (κ3) is 3.58. The second-order valence-electron chi connectivity index (χ2n) is 4.94. The van der Waals surface area contributed by atoms with E-state index >= 15 is 0 Å². The van der Waals surface area contributed by atoms with Crippen molar-refractivity contribution in [2.24, 2.45) is 0 Å². The molecule has 3 aromatic rings. The van der Waals surface area contributed by atoms with Gasteiger partial charge in [0.2, 0.25) is 5.78 Å². The second kappa shape index (κ2) is 6.36. The molecule has 1 N–H and O–H groups in total. The minimum atomic E-state index is -0.455. The molecule has 0 saturated heterocycles. The number of aliphatic hydroxyl groups is 1. The van der Waals surface area contributed by atoms with Crippen LogP contribution in [0.1, 0.15) is 27.6 Å². The number of rotatable bonds is 5. The lowest BCUT2D eigenvalue weighted by Crippen LogP contribution is -1.93. The van der Waals surface area contributed by atoms with Crippen LogP contribution in [-0.4, -0.2) is 10.9 Å². The van der Waals surface area contributed by atoms with Crippen LogP contribution in [0.2, 0.25) is 0 Å². The van der Waals surface area contributed by atoms with Gasteiger partial charge in [0.1, 0.15) is 11.6 Å². The highest BCUT2D eigenvalue weighted by atomic mass is 19.1. The fraction of sp³-hybridized carbons (Fsp3) is 0.0556. The smallest absolute Gasteiger partial charge is 0.224 e. The van der Waals surface area contributed by atoms with Gasteiger partial charge < -0.3 is 13.9 Å². The molecule has 116 valence electrons. The third-order valence-electron chi connectivity index (χ3n) is 3.24. The number of hydrogen-bond donors (Lipinski definition) is 1. The van der Waals surface area contributed by atoms with Crippen molar-refractivity contribution in [1.29, 1.82) is 0 Å². The molecule has 4 nitrogen and oxygen atoms in total. The molecule has 2 heterocycles. The SMILES string of the molecule is O=C(C=C(O)c1ccc(Cc2ccc(F)cc2)o1)c1ccco1. The molecule has 3 rings (SSSR count). The Morgan fingerprint density at radius 1 is 1.09 bits per heavy atom. The van der Waals surface area contributed by atoms with Gasteiger partial charge in [-0.15, -0.1) is 0 Å². The first kappa shape index (κ1) is 14.8. The second-order valence-corrected chi connectivity index (χ2v) is 4.94. The van der Waals surface area contributed by atoms with E-state index in [-0.39, 0.29) is 23.1 Å². The number of hydrogen-bond acceptors (Lipinski definition) is 4. The zero-order chi connectivity index (χ0) is 16.2. The van der Waals surface area contributed by atoms with Crippen LogP contribution in [0.25, 0.3) is 5.76 Å². The van der Waals surface area contributed by atoms with E-state index in [0.29, 0.717) is 12.2 Å². The molecule has 0 bridgehead atoms. The fourth-order valence-corrected chi connectivity index (χ4v) is 2.10. The van der Waals surface area contributed by atoms with E-state index in [9.17, 15) is 14.3 Å². The van der Waals surface area contributed by atoms with Gasteiger partial charge in [-0.25, -0.2) is 4.39 Å². The van der Waals surface area contributed by atoms with Crippen LogP contribution >= 0.6 is 0 Å². The maximum Gasteiger partial charge on any atom is 0.224 e. The van der Waals surface area contributed by atoms with Crippen molar-refractivity contribution in [2.75, 3.05) is 0 Å². The first-order chi connectivity index (χ1) is 11.1. The predicted molar refractivity (Wildman–Crippen MR) is 81.6 cm³/mol. The largest absolute Gasteiger partial charge is 0.504 e. The molecule has 0 aliphatic carbocycles. The van der Waals surface area contributed by atoms with Crippen LogP contribution in [0, 0.1) is 5.82 Å². The highest BCUT2D eigenvalue weighted by molar-refractivity contribution is 6.05. The van der Waals surface area contributed by atoms with Gasteiger partial charge in [-0.1, -0.05) is 12.1 Å². The molecule has 0 unspecified atom stereocenters. The molecule has 0 amide bonds. The zero-order valence-electron chi connectivity index (χ0n) is 12.0. The number of allylic oxidation sites excluding steroid dienone is 1. The first-order valence-electron chi connectivity index (χ1n) is 6.94. The van der Waals surface area contributed by atoms with Gasteiger partial charge in [0.15, 0.2) is 17.3 Å². The van der Waals surface area contributed by atoms with Gasteiger partial charge in [0, 0.05) is 12.5 Å². The van der Waals surface area contributed by atoms with Crippen molar-refractivity contribution in [3.8, 4) is 0 Å². The van der Waals surface area contributed by atoms with E-state index in [4.69, 9.17) is 8.83 Å². The summed E-state index contributed by atoms with van der Waals surface area (Å²) in [5.74, 6) is -0.125. The van der Waals surface area contributed by atoms with E-state index < -0.39 is 5.78 Å². The Hall–Kier alpha value is -3.08. The molecule has 0 spiro atoms. The van der Waals surface area contributed by atoms with E-state index in [2.05, 4.69) is 0 Å². The number of carbonyl (C=O) groups excluding carboxylic acids is 1. The summed E-state index contributed by atoms with van der Waals surface area (Å²) in [5.41, 5.74) is 0.877. The number of halogens is 1. The van der Waals surface area contributed by atoms with Crippen LogP contribution in [0.4, 0.5) is 4.39 Å². The number of aliphatic hydroxyl groups excluding tert-OH is 1. The molecule has 5 heteroatoms. The molecule has 0 radical (unpaired) electrons. The van der Waals surface area contributed by atoms with E-state index in [0.717, 1.165) is 11.6 Å². The Morgan fingerprint density at radius 3 is 2.57 bits per heavy atom. The van der Waals surface area contributed by atoms with Crippen molar-refractivity contribution in [1.82, 2.24) is 0 Å². The van der Waals surface area contributed by atoms with Crippen molar-refractivity contribution < 1.29 is 23.1 Å². The summed E-state index contributed by atoms with van der Waals surface area (Å²) in [6.07, 6.45) is 2.88. The predicted octanol–water partition coefficient (Wildman–Crippen LogP) is 4.38. The van der Waals surface area contributed by atoms with Gasteiger partial charge in [-0.2, -0.15) is 0 Å². The Balaban J connectivity index is 1.73. The monoisotopic (exact) mass is 312 g/mol. The van der Waals surface area contributed by atoms with Crippen LogP contribution in [0.3, 0.4) is 0 Å². The quantitative estimate of drug-likeness (QED) is 0.431. The number of carbonyl (C=O) groups is 1. The summed E-state index contributed by atoms with van der Waals surface area (Å²) in [7, 11) is 0. The summed E-state index contributed by atoms with van der Waals surface area (Å²) in [6.45, 7) is 0. The zero-order valence-corrected chi connectivity index (χ0v) is 12.0. The van der Waals surface area contributed by atoms with Gasteiger partial charge in [-0.3, -0.25) is 4.79 Å². The molecule has 0 saturated carbocycles. The Labute approximate surface area is 131 Å². The average Bonchev–Trinajstić information content (AvgIpc) is 3.21. The Kier molecular flexibility index (Phi) is 4.10. The first-order valence-corrected chi connectivity index (χ1v) is 6.94. The van der Waals surface area contributed by atoms with E-state index in [1.807, 2.05) is 0 Å². The molecular weight excluding hydrogens is 299 g/mol. The summed E-state index contributed by atoms with van der Waals surface area (Å²) in [4.78, 5) is 11.8. The molecule has 0 atom stereocenters. The van der Waals surface area contributed by atoms with Crippen LogP contribution < -0.4 is 0 Å². The summed E-state index contributed by atoms with van der Waals surface area (Å²) >= 11 is 0. The standard InChI is InChI=1S/C18H13FO4/c19-13-5-3-12(4-6-13)10-14-7-8-18(23-14)16(21)11-15(20)17-2-1-9-22-17/h1-9,11,21H,10H2. The van der Waals surface area contributed by atoms with Crippen molar-refractivity contribution in [2.45, 2.75) is 6.42 Å². The van der Waals surface area contributed by atoms with Crippen molar-refractivity contribution in [3.63, 3.8) is 0 Å². The molecule has 1 aromatic carbocycles. The summed E-state index contributed by atoms with van der Waals surface area (Å²) in [6, 6.07) is 12.4. The van der Waals surface area contributed by atoms with Crippen molar-refractivity contribution in [3.05, 3.63) is 89.5 Å². The maximum atomic E-state index is 12.9. The van der Waals surface area contributed by atoms with E-state index in [1.165, 1.54) is 24.5 Å². The average molecular weight is 312 g/mol. The minimum absolute atomic E-state index is 0.134. The topological polar surface area (TPSA) is 63.6 Å². The highest BCUT2D eigenvalue weighted by Crippen LogP contribution is 2.19. The molecule has 23 heavy (non-hydrogen) atoms. The highest BCUT2D eigenvalue weighted by Gasteiger charge is 2.12. The van der Waals surface area contributed by atoms with Gasteiger partial charge in [-0.05, 0) is 42.0 Å². The number of benzene rings is 1. The van der Waals surface area contributed by atoms with Crippen molar-refractivity contribution >= 4 is 11.5 Å². The fourth-order valence-electron chi connectivity index (χ4n) is 2.10. The normalized spacial score (nSPS) is 11.6. The Bertz CT molecular complexity index is 826. The van der Waals surface area contributed by atoms with Gasteiger partial charge in [0.05, 0.1) is 6.26 Å². The lowest BCUT2D eigenvalue weighted by molar-refractivity contribution is 0.102. The van der Waals surface area contributed by atoms with Crippen LogP contribution in [0.15, 0.2) is 69.7 Å². The van der Waals surface area contributed by atoms with Crippen LogP contribution in [0.5, 0.6) is 0 Å². The van der Waals surface area contributed by atoms with Gasteiger partial charge in [0.25, 0.3) is 0 Å². The molecular formula is C18H13FO4. The summed E-state index contributed by atoms with van der Waals surface area (Å²) in [5, 5.41) is 9.96. The molecule has 0 aliphatic heterocycles. The van der Waals surface area contributed by atoms with Crippen LogP contribution in [-0.2, 0) is 6.42 Å².